The van der Waals surface area contributed by atoms with E-state index in [1.807, 2.05) is 0 Å². The zero-order valence-corrected chi connectivity index (χ0v) is 10.7. The monoisotopic (exact) mass is 266 g/mol. The van der Waals surface area contributed by atoms with E-state index in [0.717, 1.165) is 12.8 Å². The number of rotatable bonds is 1. The van der Waals surface area contributed by atoms with Crippen LogP contribution < -0.4 is 16.0 Å². The molecule has 19 heavy (non-hydrogen) atoms. The highest BCUT2D eigenvalue weighted by molar-refractivity contribution is 6.07. The second-order valence-corrected chi connectivity index (χ2v) is 5.55. The zero-order chi connectivity index (χ0) is 13.5. The van der Waals surface area contributed by atoms with Gasteiger partial charge in [0.15, 0.2) is 0 Å². The number of carbonyl (C=O) groups excluding carboxylic acids is 3. The summed E-state index contributed by atoms with van der Waals surface area (Å²) in [4.78, 5) is 36.7. The predicted molar refractivity (Wildman–Crippen MR) is 66.4 cm³/mol. The van der Waals surface area contributed by atoms with Crippen molar-refractivity contribution in [3.8, 4) is 0 Å². The molecule has 1 saturated carbocycles. The topological polar surface area (TPSA) is 90.5 Å². The Morgan fingerprint density at radius 1 is 1.26 bits per heavy atom. The Morgan fingerprint density at radius 2 is 1.95 bits per heavy atom. The first-order valence-electron chi connectivity index (χ1n) is 6.78. The summed E-state index contributed by atoms with van der Waals surface area (Å²) in [5.41, 5.74) is -0.801. The van der Waals surface area contributed by atoms with Crippen LogP contribution in [0.5, 0.6) is 0 Å². The quantitative estimate of drug-likeness (QED) is 0.580. The smallest absolute Gasteiger partial charge is 0.322 e. The highest BCUT2D eigenvalue weighted by Gasteiger charge is 2.48. The number of carbonyl (C=O) groups is 3. The van der Waals surface area contributed by atoms with Crippen molar-refractivity contribution in [1.29, 1.82) is 0 Å². The van der Waals surface area contributed by atoms with Crippen molar-refractivity contribution in [2.45, 2.75) is 43.7 Å². The molecule has 0 aromatic rings. The first-order valence-corrected chi connectivity index (χ1v) is 6.78. The minimum absolute atomic E-state index is 0.0516. The van der Waals surface area contributed by atoms with E-state index in [1.165, 1.54) is 6.42 Å². The minimum Gasteiger partial charge on any atom is -0.335 e. The van der Waals surface area contributed by atoms with E-state index >= 15 is 0 Å². The van der Waals surface area contributed by atoms with Crippen molar-refractivity contribution < 1.29 is 14.4 Å². The lowest BCUT2D eigenvalue weighted by Crippen LogP contribution is -2.58. The summed E-state index contributed by atoms with van der Waals surface area (Å²) in [6.07, 6.45) is 4.25. The van der Waals surface area contributed by atoms with Gasteiger partial charge >= 0.3 is 12.1 Å². The molecule has 104 valence electrons. The number of hydrogen-bond donors (Lipinski definition) is 3. The third kappa shape index (κ3) is 2.13. The van der Waals surface area contributed by atoms with Gasteiger partial charge in [-0.15, -0.1) is 0 Å². The molecular weight excluding hydrogens is 248 g/mol. The van der Waals surface area contributed by atoms with Crippen molar-refractivity contribution in [2.24, 2.45) is 0 Å². The standard InChI is InChI=1S/C12H18N4O3/c17-9-12(15-10(18)14-9)4-6-16(7-5-12)11(19)13-8-2-1-3-8/h8H,1-7H2,(H,13,19)(H2,14,15,17,18). The second kappa shape index (κ2) is 4.40. The van der Waals surface area contributed by atoms with Crippen LogP contribution in [0.15, 0.2) is 0 Å². The molecule has 2 aliphatic heterocycles. The molecule has 2 saturated heterocycles. The molecule has 1 spiro atoms. The fourth-order valence-corrected chi connectivity index (χ4v) is 2.79. The molecule has 1 aliphatic carbocycles. The van der Waals surface area contributed by atoms with Gasteiger partial charge in [-0.25, -0.2) is 9.59 Å². The largest absolute Gasteiger partial charge is 0.335 e. The summed E-state index contributed by atoms with van der Waals surface area (Å²) in [5, 5.41) is 7.93. The van der Waals surface area contributed by atoms with E-state index in [-0.39, 0.29) is 11.9 Å². The molecule has 3 rings (SSSR count). The lowest BCUT2D eigenvalue weighted by molar-refractivity contribution is -0.125. The average Bonchev–Trinajstić information content (AvgIpc) is 2.59. The lowest BCUT2D eigenvalue weighted by atomic mass is 9.88. The fraction of sp³-hybridized carbons (Fsp3) is 0.750. The molecule has 0 bridgehead atoms. The average molecular weight is 266 g/mol. The van der Waals surface area contributed by atoms with E-state index in [2.05, 4.69) is 16.0 Å². The van der Waals surface area contributed by atoms with Gasteiger partial charge in [-0.2, -0.15) is 0 Å². The molecule has 2 heterocycles. The number of nitrogens with one attached hydrogen (secondary N) is 3. The van der Waals surface area contributed by atoms with E-state index in [1.54, 1.807) is 4.90 Å². The van der Waals surface area contributed by atoms with Gasteiger partial charge in [0.05, 0.1) is 0 Å². The molecule has 7 nitrogen and oxygen atoms in total. The van der Waals surface area contributed by atoms with Crippen LogP contribution in [-0.2, 0) is 4.79 Å². The predicted octanol–water partition coefficient (Wildman–Crippen LogP) is -0.0775. The maximum Gasteiger partial charge on any atom is 0.322 e. The maximum atomic E-state index is 12.0. The van der Waals surface area contributed by atoms with Gasteiger partial charge in [0, 0.05) is 19.1 Å². The van der Waals surface area contributed by atoms with Crippen molar-refractivity contribution >= 4 is 18.0 Å². The molecule has 0 atom stereocenters. The number of urea groups is 2. The van der Waals surface area contributed by atoms with Gasteiger partial charge in [0.25, 0.3) is 5.91 Å². The van der Waals surface area contributed by atoms with Crippen LogP contribution in [0.2, 0.25) is 0 Å². The number of amides is 5. The molecule has 3 N–H and O–H groups in total. The van der Waals surface area contributed by atoms with E-state index < -0.39 is 11.6 Å². The summed E-state index contributed by atoms with van der Waals surface area (Å²) in [7, 11) is 0. The third-order valence-electron chi connectivity index (χ3n) is 4.35. The first kappa shape index (κ1) is 12.3. The molecule has 0 unspecified atom stereocenters. The van der Waals surface area contributed by atoms with Crippen LogP contribution in [0.1, 0.15) is 32.1 Å². The molecule has 0 aromatic carbocycles. The Labute approximate surface area is 111 Å². The molecule has 0 radical (unpaired) electrons. The highest BCUT2D eigenvalue weighted by Crippen LogP contribution is 2.26. The van der Waals surface area contributed by atoms with Gasteiger partial charge in [-0.05, 0) is 32.1 Å². The Morgan fingerprint density at radius 3 is 2.42 bits per heavy atom. The summed E-state index contributed by atoms with van der Waals surface area (Å²) < 4.78 is 0. The van der Waals surface area contributed by atoms with Crippen molar-refractivity contribution in [1.82, 2.24) is 20.9 Å². The lowest BCUT2D eigenvalue weighted by Gasteiger charge is -2.38. The third-order valence-corrected chi connectivity index (χ3v) is 4.35. The highest BCUT2D eigenvalue weighted by atomic mass is 16.2. The Bertz CT molecular complexity index is 425. The van der Waals surface area contributed by atoms with E-state index in [0.29, 0.717) is 32.0 Å². The number of imide groups is 1. The fourth-order valence-electron chi connectivity index (χ4n) is 2.79. The molecule has 5 amide bonds. The van der Waals surface area contributed by atoms with Crippen LogP contribution in [0.25, 0.3) is 0 Å². The normalized spacial score (nSPS) is 25.8. The second-order valence-electron chi connectivity index (χ2n) is 5.55. The van der Waals surface area contributed by atoms with Gasteiger partial charge < -0.3 is 15.5 Å². The number of likely N-dealkylation sites (tertiary alicyclic amines) is 1. The Hall–Kier alpha value is -1.79. The van der Waals surface area contributed by atoms with Crippen molar-refractivity contribution in [3.63, 3.8) is 0 Å². The molecule has 0 aromatic heterocycles. The van der Waals surface area contributed by atoms with Crippen LogP contribution in [0.4, 0.5) is 9.59 Å². The number of nitrogens with zero attached hydrogens (tertiary/aromatic N) is 1. The Balaban J connectivity index is 1.55. The summed E-state index contributed by atoms with van der Waals surface area (Å²) in [6, 6.07) is -0.167. The first-order chi connectivity index (χ1) is 9.09. The molecule has 7 heteroatoms. The van der Waals surface area contributed by atoms with E-state index in [4.69, 9.17) is 0 Å². The van der Waals surface area contributed by atoms with Gasteiger partial charge in [-0.3, -0.25) is 10.1 Å². The van der Waals surface area contributed by atoms with Crippen LogP contribution in [0.3, 0.4) is 0 Å². The molecule has 3 aliphatic rings. The van der Waals surface area contributed by atoms with E-state index in [9.17, 15) is 14.4 Å². The van der Waals surface area contributed by atoms with Gasteiger partial charge in [0.1, 0.15) is 5.54 Å². The van der Waals surface area contributed by atoms with Crippen LogP contribution in [-0.4, -0.2) is 47.5 Å². The number of piperidine rings is 1. The summed E-state index contributed by atoms with van der Waals surface area (Å²) in [5.74, 6) is -0.267. The summed E-state index contributed by atoms with van der Waals surface area (Å²) >= 11 is 0. The van der Waals surface area contributed by atoms with Crippen molar-refractivity contribution in [2.75, 3.05) is 13.1 Å². The Kier molecular flexibility index (Phi) is 2.83. The maximum absolute atomic E-state index is 12.0. The van der Waals surface area contributed by atoms with Crippen LogP contribution in [0, 0.1) is 0 Å². The van der Waals surface area contributed by atoms with Gasteiger partial charge in [-0.1, -0.05) is 0 Å². The van der Waals surface area contributed by atoms with Crippen molar-refractivity contribution in [3.05, 3.63) is 0 Å². The molecule has 3 fully saturated rings. The number of hydrogen-bond acceptors (Lipinski definition) is 3. The summed E-state index contributed by atoms with van der Waals surface area (Å²) in [6.45, 7) is 0.985. The van der Waals surface area contributed by atoms with Gasteiger partial charge in [0.2, 0.25) is 0 Å². The SMILES string of the molecule is O=C1NC(=O)C2(CCN(C(=O)NC3CCC3)CC2)N1. The minimum atomic E-state index is -0.801. The molecular formula is C12H18N4O3. The van der Waals surface area contributed by atoms with Crippen LogP contribution >= 0.6 is 0 Å². The zero-order valence-electron chi connectivity index (χ0n) is 10.7.